The summed E-state index contributed by atoms with van der Waals surface area (Å²) in [6.07, 6.45) is -2.06. The van der Waals surface area contributed by atoms with Crippen LogP contribution < -0.4 is 5.73 Å². The Bertz CT molecular complexity index is 352. The van der Waals surface area contributed by atoms with Gasteiger partial charge in [0.15, 0.2) is 0 Å². The molecular weight excluding hydrogens is 215 g/mol. The van der Waals surface area contributed by atoms with Gasteiger partial charge in [0.2, 0.25) is 0 Å². The number of benzene rings is 1. The van der Waals surface area contributed by atoms with Gasteiger partial charge in [0.1, 0.15) is 6.04 Å². The molecule has 1 aromatic carbocycles. The van der Waals surface area contributed by atoms with E-state index in [0.29, 0.717) is 11.5 Å². The summed E-state index contributed by atoms with van der Waals surface area (Å²) in [5, 5.41) is 0. The monoisotopic (exact) mass is 229 g/mol. The SMILES string of the molecule is NC(Cc1ccc(C2CC2)cc1)C(F)(F)F. The molecule has 1 nitrogen and oxygen atoms in total. The first-order valence-corrected chi connectivity index (χ1v) is 5.38. The van der Waals surface area contributed by atoms with E-state index in [0.717, 1.165) is 0 Å². The van der Waals surface area contributed by atoms with Gasteiger partial charge in [-0.3, -0.25) is 0 Å². The number of rotatable bonds is 3. The second kappa shape index (κ2) is 4.09. The largest absolute Gasteiger partial charge is 0.403 e. The zero-order valence-corrected chi connectivity index (χ0v) is 8.80. The number of hydrogen-bond donors (Lipinski definition) is 1. The van der Waals surface area contributed by atoms with Crippen molar-refractivity contribution in [2.24, 2.45) is 5.73 Å². The Kier molecular flexibility index (Phi) is 2.93. The standard InChI is InChI=1S/C12H14F3N/c13-12(14,15)11(16)7-8-1-3-9(4-2-8)10-5-6-10/h1-4,10-11H,5-7,16H2. The van der Waals surface area contributed by atoms with Crippen LogP contribution in [0.15, 0.2) is 24.3 Å². The fourth-order valence-corrected chi connectivity index (χ4v) is 1.71. The van der Waals surface area contributed by atoms with Gasteiger partial charge in [-0.2, -0.15) is 13.2 Å². The van der Waals surface area contributed by atoms with Crippen LogP contribution in [0.4, 0.5) is 13.2 Å². The predicted molar refractivity (Wildman–Crippen MR) is 56.2 cm³/mol. The molecule has 0 bridgehead atoms. The summed E-state index contributed by atoms with van der Waals surface area (Å²) in [7, 11) is 0. The summed E-state index contributed by atoms with van der Waals surface area (Å²) >= 11 is 0. The molecule has 1 fully saturated rings. The van der Waals surface area contributed by atoms with E-state index in [1.807, 2.05) is 12.1 Å². The molecule has 16 heavy (non-hydrogen) atoms. The lowest BCUT2D eigenvalue weighted by Crippen LogP contribution is -2.39. The maximum Gasteiger partial charge on any atom is 0.403 e. The van der Waals surface area contributed by atoms with Gasteiger partial charge in [0.25, 0.3) is 0 Å². The van der Waals surface area contributed by atoms with Crippen LogP contribution in [0.25, 0.3) is 0 Å². The van der Waals surface area contributed by atoms with Crippen LogP contribution in [0.2, 0.25) is 0 Å². The van der Waals surface area contributed by atoms with Crippen molar-refractivity contribution in [3.05, 3.63) is 35.4 Å². The molecule has 0 amide bonds. The normalized spacial score (nSPS) is 18.5. The Balaban J connectivity index is 1.99. The van der Waals surface area contributed by atoms with E-state index >= 15 is 0 Å². The molecule has 0 radical (unpaired) electrons. The lowest BCUT2D eigenvalue weighted by atomic mass is 10.0. The molecule has 2 rings (SSSR count). The topological polar surface area (TPSA) is 26.0 Å². The second-order valence-corrected chi connectivity index (χ2v) is 4.37. The molecule has 1 saturated carbocycles. The Morgan fingerprint density at radius 1 is 1.19 bits per heavy atom. The van der Waals surface area contributed by atoms with Crippen molar-refractivity contribution in [3.63, 3.8) is 0 Å². The first-order valence-electron chi connectivity index (χ1n) is 5.38. The number of hydrogen-bond acceptors (Lipinski definition) is 1. The van der Waals surface area contributed by atoms with Gasteiger partial charge in [-0.25, -0.2) is 0 Å². The molecule has 2 N–H and O–H groups in total. The summed E-state index contributed by atoms with van der Waals surface area (Å²) in [6, 6.07) is 5.56. The Labute approximate surface area is 92.5 Å². The highest BCUT2D eigenvalue weighted by Crippen LogP contribution is 2.39. The molecule has 0 aliphatic heterocycles. The van der Waals surface area contributed by atoms with E-state index in [1.165, 1.54) is 18.4 Å². The average Bonchev–Trinajstić information content (AvgIpc) is 3.01. The quantitative estimate of drug-likeness (QED) is 0.847. The number of halogens is 3. The third-order valence-corrected chi connectivity index (χ3v) is 2.90. The van der Waals surface area contributed by atoms with Crippen molar-refractivity contribution in [1.29, 1.82) is 0 Å². The van der Waals surface area contributed by atoms with Crippen molar-refractivity contribution < 1.29 is 13.2 Å². The molecule has 1 aliphatic rings. The summed E-state index contributed by atoms with van der Waals surface area (Å²) in [6.45, 7) is 0. The molecule has 0 spiro atoms. The van der Waals surface area contributed by atoms with Gasteiger partial charge >= 0.3 is 6.18 Å². The van der Waals surface area contributed by atoms with E-state index in [4.69, 9.17) is 5.73 Å². The van der Waals surface area contributed by atoms with Crippen LogP contribution in [0.5, 0.6) is 0 Å². The fourth-order valence-electron chi connectivity index (χ4n) is 1.71. The van der Waals surface area contributed by atoms with Crippen molar-refractivity contribution in [1.82, 2.24) is 0 Å². The third kappa shape index (κ3) is 2.76. The smallest absolute Gasteiger partial charge is 0.320 e. The first kappa shape index (κ1) is 11.5. The minimum Gasteiger partial charge on any atom is -0.320 e. The number of alkyl halides is 3. The van der Waals surface area contributed by atoms with Crippen molar-refractivity contribution in [3.8, 4) is 0 Å². The Morgan fingerprint density at radius 2 is 1.75 bits per heavy atom. The lowest BCUT2D eigenvalue weighted by Gasteiger charge is -2.15. The molecule has 88 valence electrons. The van der Waals surface area contributed by atoms with E-state index in [9.17, 15) is 13.2 Å². The van der Waals surface area contributed by atoms with E-state index in [1.54, 1.807) is 12.1 Å². The highest BCUT2D eigenvalue weighted by Gasteiger charge is 2.36. The second-order valence-electron chi connectivity index (χ2n) is 4.37. The van der Waals surface area contributed by atoms with Gasteiger partial charge in [-0.05, 0) is 36.3 Å². The van der Waals surface area contributed by atoms with Crippen LogP contribution in [-0.2, 0) is 6.42 Å². The van der Waals surface area contributed by atoms with Gasteiger partial charge in [0, 0.05) is 0 Å². The molecule has 1 aromatic rings. The molecule has 1 unspecified atom stereocenters. The van der Waals surface area contributed by atoms with Crippen molar-refractivity contribution >= 4 is 0 Å². The van der Waals surface area contributed by atoms with E-state index in [2.05, 4.69) is 0 Å². The lowest BCUT2D eigenvalue weighted by molar-refractivity contribution is -0.147. The van der Waals surface area contributed by atoms with Crippen LogP contribution in [0.1, 0.15) is 29.9 Å². The zero-order chi connectivity index (χ0) is 11.8. The Hall–Kier alpha value is -1.03. The minimum atomic E-state index is -4.31. The van der Waals surface area contributed by atoms with Gasteiger partial charge in [-0.1, -0.05) is 24.3 Å². The summed E-state index contributed by atoms with van der Waals surface area (Å²) < 4.78 is 36.7. The van der Waals surface area contributed by atoms with Crippen molar-refractivity contribution in [2.45, 2.75) is 37.4 Å². The molecule has 1 aliphatic carbocycles. The van der Waals surface area contributed by atoms with Gasteiger partial charge in [-0.15, -0.1) is 0 Å². The fraction of sp³-hybridized carbons (Fsp3) is 0.500. The predicted octanol–water partition coefficient (Wildman–Crippen LogP) is 3.00. The average molecular weight is 229 g/mol. The zero-order valence-electron chi connectivity index (χ0n) is 8.80. The first-order chi connectivity index (χ1) is 7.47. The minimum absolute atomic E-state index is 0.144. The van der Waals surface area contributed by atoms with Crippen LogP contribution >= 0.6 is 0 Å². The summed E-state index contributed by atoms with van der Waals surface area (Å²) in [5.41, 5.74) is 6.94. The van der Waals surface area contributed by atoms with E-state index in [-0.39, 0.29) is 6.42 Å². The summed E-state index contributed by atoms with van der Waals surface area (Å²) in [4.78, 5) is 0. The molecule has 0 saturated heterocycles. The Morgan fingerprint density at radius 3 is 2.19 bits per heavy atom. The highest BCUT2D eigenvalue weighted by atomic mass is 19.4. The third-order valence-electron chi connectivity index (χ3n) is 2.90. The van der Waals surface area contributed by atoms with Gasteiger partial charge in [0.05, 0.1) is 0 Å². The molecule has 4 heteroatoms. The van der Waals surface area contributed by atoms with Crippen LogP contribution in [0, 0.1) is 0 Å². The molecule has 1 atom stereocenters. The molecular formula is C12H14F3N. The van der Waals surface area contributed by atoms with Crippen LogP contribution in [-0.4, -0.2) is 12.2 Å². The molecule has 0 heterocycles. The summed E-state index contributed by atoms with van der Waals surface area (Å²) in [5.74, 6) is 0.630. The van der Waals surface area contributed by atoms with Crippen LogP contribution in [0.3, 0.4) is 0 Å². The maximum absolute atomic E-state index is 12.2. The maximum atomic E-state index is 12.2. The van der Waals surface area contributed by atoms with Gasteiger partial charge < -0.3 is 5.73 Å². The highest BCUT2D eigenvalue weighted by molar-refractivity contribution is 5.28. The number of nitrogens with two attached hydrogens (primary N) is 1. The van der Waals surface area contributed by atoms with E-state index < -0.39 is 12.2 Å². The molecule has 0 aromatic heterocycles. The van der Waals surface area contributed by atoms with Crippen molar-refractivity contribution in [2.75, 3.05) is 0 Å².